The van der Waals surface area contributed by atoms with Crippen molar-refractivity contribution in [2.45, 2.75) is 44.1 Å². The fourth-order valence-corrected chi connectivity index (χ4v) is 3.09. The molecule has 0 radical (unpaired) electrons. The molecule has 2 atom stereocenters. The predicted octanol–water partition coefficient (Wildman–Crippen LogP) is 1.63. The normalized spacial score (nSPS) is 36.2. The van der Waals surface area contributed by atoms with Gasteiger partial charge in [0.25, 0.3) is 0 Å². The van der Waals surface area contributed by atoms with E-state index in [0.717, 1.165) is 6.42 Å². The molecule has 0 spiro atoms. The van der Waals surface area contributed by atoms with Gasteiger partial charge in [-0.1, -0.05) is 6.92 Å². The summed E-state index contributed by atoms with van der Waals surface area (Å²) in [4.78, 5) is 0. The molecule has 12 heavy (non-hydrogen) atoms. The van der Waals surface area contributed by atoms with Crippen LogP contribution in [-0.4, -0.2) is 29.3 Å². The molecule has 3 heteroatoms. The number of hydrogen-bond donors (Lipinski definition) is 1. The highest BCUT2D eigenvalue weighted by atomic mass is 32.2. The van der Waals surface area contributed by atoms with Crippen molar-refractivity contribution >= 4 is 11.8 Å². The number of hydrogen-bond acceptors (Lipinski definition) is 3. The van der Waals surface area contributed by atoms with E-state index in [1.54, 1.807) is 0 Å². The van der Waals surface area contributed by atoms with Crippen molar-refractivity contribution in [2.75, 3.05) is 12.3 Å². The molecular formula is C9H19NOS. The van der Waals surface area contributed by atoms with Gasteiger partial charge in [0.15, 0.2) is 0 Å². The average molecular weight is 189 g/mol. The second-order valence-electron chi connectivity index (χ2n) is 3.70. The smallest absolute Gasteiger partial charge is 0.0930 e. The molecule has 1 aliphatic rings. The van der Waals surface area contributed by atoms with E-state index in [-0.39, 0.29) is 11.7 Å². The van der Waals surface area contributed by atoms with Gasteiger partial charge >= 0.3 is 0 Å². The highest BCUT2D eigenvalue weighted by Crippen LogP contribution is 2.38. The largest absolute Gasteiger partial charge is 0.370 e. The molecule has 0 aliphatic carbocycles. The molecule has 0 aromatic carbocycles. The summed E-state index contributed by atoms with van der Waals surface area (Å²) in [5, 5.41) is 0.546. The lowest BCUT2D eigenvalue weighted by Gasteiger charge is -2.33. The van der Waals surface area contributed by atoms with Crippen molar-refractivity contribution in [2.24, 2.45) is 5.73 Å². The highest BCUT2D eigenvalue weighted by Gasteiger charge is 2.41. The van der Waals surface area contributed by atoms with Crippen LogP contribution in [0.4, 0.5) is 0 Å². The SMILES string of the molecule is CC(C)OC1(CN)CCSC1C. The second kappa shape index (κ2) is 3.99. The van der Waals surface area contributed by atoms with Crippen molar-refractivity contribution in [3.05, 3.63) is 0 Å². The lowest BCUT2D eigenvalue weighted by molar-refractivity contribution is -0.0698. The zero-order valence-corrected chi connectivity index (χ0v) is 8.99. The van der Waals surface area contributed by atoms with E-state index < -0.39 is 0 Å². The number of nitrogens with two attached hydrogens (primary N) is 1. The minimum atomic E-state index is -0.0428. The van der Waals surface area contributed by atoms with Gasteiger partial charge in [-0.3, -0.25) is 0 Å². The first-order valence-corrected chi connectivity index (χ1v) is 5.65. The summed E-state index contributed by atoms with van der Waals surface area (Å²) >= 11 is 1.97. The molecule has 1 rings (SSSR count). The first-order valence-electron chi connectivity index (χ1n) is 4.60. The topological polar surface area (TPSA) is 35.2 Å². The van der Waals surface area contributed by atoms with Crippen LogP contribution in [0.5, 0.6) is 0 Å². The maximum Gasteiger partial charge on any atom is 0.0930 e. The first-order chi connectivity index (χ1) is 5.60. The summed E-state index contributed by atoms with van der Waals surface area (Å²) in [7, 11) is 0. The van der Waals surface area contributed by atoms with Crippen LogP contribution in [0.3, 0.4) is 0 Å². The van der Waals surface area contributed by atoms with Crippen LogP contribution in [0.1, 0.15) is 27.2 Å². The van der Waals surface area contributed by atoms with Gasteiger partial charge in [-0.15, -0.1) is 0 Å². The van der Waals surface area contributed by atoms with E-state index in [1.807, 2.05) is 11.8 Å². The third-order valence-corrected chi connectivity index (χ3v) is 3.82. The Morgan fingerprint density at radius 1 is 1.67 bits per heavy atom. The van der Waals surface area contributed by atoms with Crippen LogP contribution >= 0.6 is 11.8 Å². The van der Waals surface area contributed by atoms with Crippen molar-refractivity contribution in [1.29, 1.82) is 0 Å². The Morgan fingerprint density at radius 2 is 2.33 bits per heavy atom. The Balaban J connectivity index is 2.61. The van der Waals surface area contributed by atoms with Crippen LogP contribution in [0, 0.1) is 0 Å². The van der Waals surface area contributed by atoms with Crippen molar-refractivity contribution in [1.82, 2.24) is 0 Å². The highest BCUT2D eigenvalue weighted by molar-refractivity contribution is 8.00. The molecule has 72 valence electrons. The van der Waals surface area contributed by atoms with E-state index in [2.05, 4.69) is 20.8 Å². The lowest BCUT2D eigenvalue weighted by atomic mass is 9.97. The van der Waals surface area contributed by atoms with Crippen LogP contribution in [-0.2, 0) is 4.74 Å². The summed E-state index contributed by atoms with van der Waals surface area (Å²) in [6.45, 7) is 7.02. The third kappa shape index (κ3) is 1.95. The molecular weight excluding hydrogens is 170 g/mol. The molecule has 0 saturated carbocycles. The second-order valence-corrected chi connectivity index (χ2v) is 5.15. The van der Waals surface area contributed by atoms with Gasteiger partial charge in [-0.25, -0.2) is 0 Å². The molecule has 1 aliphatic heterocycles. The Bertz CT molecular complexity index is 151. The van der Waals surface area contributed by atoms with Crippen LogP contribution in [0.2, 0.25) is 0 Å². The molecule has 1 saturated heterocycles. The minimum Gasteiger partial charge on any atom is -0.370 e. The fourth-order valence-electron chi connectivity index (χ4n) is 1.70. The summed E-state index contributed by atoms with van der Waals surface area (Å²) in [6.07, 6.45) is 1.39. The predicted molar refractivity (Wildman–Crippen MR) is 54.5 cm³/mol. The molecule has 1 fully saturated rings. The van der Waals surface area contributed by atoms with E-state index in [1.165, 1.54) is 5.75 Å². The Hall–Kier alpha value is 0.270. The molecule has 1 heterocycles. The zero-order valence-electron chi connectivity index (χ0n) is 8.17. The van der Waals surface area contributed by atoms with Crippen molar-refractivity contribution in [3.63, 3.8) is 0 Å². The molecule has 0 amide bonds. The maximum atomic E-state index is 5.91. The quantitative estimate of drug-likeness (QED) is 0.733. The molecule has 2 N–H and O–H groups in total. The Morgan fingerprint density at radius 3 is 2.67 bits per heavy atom. The number of rotatable bonds is 3. The molecule has 2 nitrogen and oxygen atoms in total. The molecule has 0 aromatic rings. The Kier molecular flexibility index (Phi) is 3.44. The van der Waals surface area contributed by atoms with Gasteiger partial charge in [-0.2, -0.15) is 11.8 Å². The van der Waals surface area contributed by atoms with Gasteiger partial charge in [0.05, 0.1) is 11.7 Å². The van der Waals surface area contributed by atoms with Gasteiger partial charge in [0.2, 0.25) is 0 Å². The van der Waals surface area contributed by atoms with E-state index >= 15 is 0 Å². The summed E-state index contributed by atoms with van der Waals surface area (Å²) in [6, 6.07) is 0. The number of thioether (sulfide) groups is 1. The van der Waals surface area contributed by atoms with Gasteiger partial charge in [0, 0.05) is 11.8 Å². The monoisotopic (exact) mass is 189 g/mol. The van der Waals surface area contributed by atoms with Crippen LogP contribution in [0.25, 0.3) is 0 Å². The summed E-state index contributed by atoms with van der Waals surface area (Å²) < 4.78 is 5.91. The van der Waals surface area contributed by atoms with Crippen LogP contribution < -0.4 is 5.73 Å². The lowest BCUT2D eigenvalue weighted by Crippen LogP contribution is -2.46. The molecule has 0 aromatic heterocycles. The third-order valence-electron chi connectivity index (χ3n) is 2.45. The van der Waals surface area contributed by atoms with Gasteiger partial charge in [-0.05, 0) is 26.0 Å². The summed E-state index contributed by atoms with van der Waals surface area (Å²) in [5.41, 5.74) is 5.73. The van der Waals surface area contributed by atoms with Crippen molar-refractivity contribution in [3.8, 4) is 0 Å². The van der Waals surface area contributed by atoms with Gasteiger partial charge < -0.3 is 10.5 Å². The van der Waals surface area contributed by atoms with E-state index in [9.17, 15) is 0 Å². The minimum absolute atomic E-state index is 0.0428. The first kappa shape index (κ1) is 10.4. The standard InChI is InChI=1S/C9H19NOS/c1-7(2)11-9(6-10)4-5-12-8(9)3/h7-8H,4-6,10H2,1-3H3. The fraction of sp³-hybridized carbons (Fsp3) is 1.00. The average Bonchev–Trinajstić information content (AvgIpc) is 2.32. The summed E-state index contributed by atoms with van der Waals surface area (Å²) in [5.74, 6) is 1.19. The number of ether oxygens (including phenoxy) is 1. The zero-order chi connectivity index (χ0) is 9.19. The van der Waals surface area contributed by atoms with Crippen molar-refractivity contribution < 1.29 is 4.74 Å². The van der Waals surface area contributed by atoms with Crippen LogP contribution in [0.15, 0.2) is 0 Å². The molecule has 2 unspecified atom stereocenters. The Labute approximate surface area is 79.2 Å². The van der Waals surface area contributed by atoms with Gasteiger partial charge in [0.1, 0.15) is 0 Å². The van der Waals surface area contributed by atoms with E-state index in [4.69, 9.17) is 10.5 Å². The van der Waals surface area contributed by atoms with E-state index in [0.29, 0.717) is 11.8 Å². The maximum absolute atomic E-state index is 5.91. The molecule has 0 bridgehead atoms.